The van der Waals surface area contributed by atoms with Crippen LogP contribution in [0.15, 0.2) is 34.9 Å². The first-order valence-corrected chi connectivity index (χ1v) is 11.0. The normalized spacial score (nSPS) is 15.0. The minimum atomic E-state index is -0.919. The number of benzene rings is 1. The van der Waals surface area contributed by atoms with Crippen molar-refractivity contribution in [2.24, 2.45) is 5.92 Å². The largest absolute Gasteiger partial charge is 0.478 e. The van der Waals surface area contributed by atoms with Crippen LogP contribution < -0.4 is 10.6 Å². The first-order valence-electron chi connectivity index (χ1n) is 9.35. The molecule has 0 spiro atoms. The lowest BCUT2D eigenvalue weighted by Crippen LogP contribution is -2.28. The molecule has 8 heteroatoms. The highest BCUT2D eigenvalue weighted by Gasteiger charge is 2.16. The van der Waals surface area contributed by atoms with Gasteiger partial charge in [0.05, 0.1) is 14.9 Å². The van der Waals surface area contributed by atoms with Gasteiger partial charge < -0.3 is 15.7 Å². The van der Waals surface area contributed by atoms with Crippen LogP contribution in [0.5, 0.6) is 0 Å². The minimum absolute atomic E-state index is 0.311. The van der Waals surface area contributed by atoms with Crippen LogP contribution in [0.1, 0.15) is 29.6 Å². The van der Waals surface area contributed by atoms with Crippen LogP contribution >= 0.6 is 27.3 Å². The van der Waals surface area contributed by atoms with E-state index >= 15 is 0 Å². The van der Waals surface area contributed by atoms with Gasteiger partial charge in [0.25, 0.3) is 0 Å². The number of carboxylic acid groups (broad SMARTS) is 1. The van der Waals surface area contributed by atoms with Gasteiger partial charge in [-0.3, -0.25) is 0 Å². The summed E-state index contributed by atoms with van der Waals surface area (Å²) in [5, 5.41) is 16.9. The van der Waals surface area contributed by atoms with Crippen molar-refractivity contribution in [1.82, 2.24) is 15.3 Å². The van der Waals surface area contributed by atoms with Crippen LogP contribution in [-0.4, -0.2) is 40.7 Å². The third-order valence-electron chi connectivity index (χ3n) is 5.06. The maximum atomic E-state index is 11.5. The van der Waals surface area contributed by atoms with E-state index in [4.69, 9.17) is 0 Å². The molecule has 28 heavy (non-hydrogen) atoms. The number of nitrogens with one attached hydrogen (secondary N) is 2. The SMILES string of the molecule is O=C(O)c1cccc2sc(-c3nc(NCCC4CCNCC4)ncc3Br)cc12. The van der Waals surface area contributed by atoms with Crippen LogP contribution in [0.25, 0.3) is 20.7 Å². The second kappa shape index (κ2) is 8.55. The summed E-state index contributed by atoms with van der Waals surface area (Å²) >= 11 is 5.07. The van der Waals surface area contributed by atoms with Crippen molar-refractivity contribution < 1.29 is 9.90 Å². The molecule has 3 heterocycles. The number of aromatic nitrogens is 2. The fraction of sp³-hybridized carbons (Fsp3) is 0.350. The number of piperidine rings is 1. The van der Waals surface area contributed by atoms with E-state index in [9.17, 15) is 9.90 Å². The fourth-order valence-corrected chi connectivity index (χ4v) is 5.17. The Kier molecular flexibility index (Phi) is 5.89. The van der Waals surface area contributed by atoms with Crippen LogP contribution in [0.2, 0.25) is 0 Å². The molecule has 3 aromatic rings. The number of halogens is 1. The van der Waals surface area contributed by atoms with Gasteiger partial charge in [0.2, 0.25) is 5.95 Å². The van der Waals surface area contributed by atoms with Gasteiger partial charge in [0, 0.05) is 22.8 Å². The second-order valence-corrected chi connectivity index (χ2v) is 8.87. The van der Waals surface area contributed by atoms with Crippen LogP contribution in [0, 0.1) is 5.92 Å². The molecular formula is C20H21BrN4O2S. The quantitative estimate of drug-likeness (QED) is 0.497. The summed E-state index contributed by atoms with van der Waals surface area (Å²) in [5.74, 6) is 0.431. The van der Waals surface area contributed by atoms with E-state index in [-0.39, 0.29) is 0 Å². The number of carboxylic acids is 1. The number of nitrogens with zero attached hydrogens (tertiary/aromatic N) is 2. The molecule has 0 unspecified atom stereocenters. The zero-order valence-corrected chi connectivity index (χ0v) is 17.6. The average Bonchev–Trinajstić information content (AvgIpc) is 3.14. The molecule has 1 saturated heterocycles. The molecule has 1 aromatic carbocycles. The molecule has 0 saturated carbocycles. The van der Waals surface area contributed by atoms with Crippen molar-refractivity contribution in [2.45, 2.75) is 19.3 Å². The van der Waals surface area contributed by atoms with Crippen LogP contribution in [0.4, 0.5) is 5.95 Å². The number of carbonyl (C=O) groups is 1. The van der Waals surface area contributed by atoms with Crippen molar-refractivity contribution in [3.8, 4) is 10.6 Å². The van der Waals surface area contributed by atoms with E-state index < -0.39 is 5.97 Å². The van der Waals surface area contributed by atoms with Crippen molar-refractivity contribution in [3.63, 3.8) is 0 Å². The molecule has 0 aliphatic carbocycles. The molecule has 1 aliphatic heterocycles. The Morgan fingerprint density at radius 3 is 2.96 bits per heavy atom. The van der Waals surface area contributed by atoms with E-state index in [0.717, 1.165) is 57.1 Å². The summed E-state index contributed by atoms with van der Waals surface area (Å²) in [5.41, 5.74) is 1.09. The van der Waals surface area contributed by atoms with Gasteiger partial charge in [-0.2, -0.15) is 0 Å². The maximum absolute atomic E-state index is 11.5. The molecular weight excluding hydrogens is 440 g/mol. The first kappa shape index (κ1) is 19.3. The molecule has 2 aromatic heterocycles. The summed E-state index contributed by atoms with van der Waals surface area (Å²) in [6.45, 7) is 3.06. The third-order valence-corrected chi connectivity index (χ3v) is 6.75. The van der Waals surface area contributed by atoms with Gasteiger partial charge in [0.1, 0.15) is 5.69 Å². The van der Waals surface area contributed by atoms with E-state index in [1.165, 1.54) is 24.2 Å². The summed E-state index contributed by atoms with van der Waals surface area (Å²) in [6, 6.07) is 7.23. The number of hydrogen-bond donors (Lipinski definition) is 3. The van der Waals surface area contributed by atoms with Gasteiger partial charge in [-0.05, 0) is 72.4 Å². The number of rotatable bonds is 6. The predicted octanol–water partition coefficient (Wildman–Crippen LogP) is 4.62. The molecule has 4 rings (SSSR count). The number of thiophene rings is 1. The Morgan fingerprint density at radius 1 is 1.36 bits per heavy atom. The monoisotopic (exact) mass is 460 g/mol. The Balaban J connectivity index is 1.54. The van der Waals surface area contributed by atoms with Crippen molar-refractivity contribution in [2.75, 3.05) is 25.0 Å². The van der Waals surface area contributed by atoms with Gasteiger partial charge in [-0.25, -0.2) is 14.8 Å². The number of anilines is 1. The number of fused-ring (bicyclic) bond motifs is 1. The Bertz CT molecular complexity index is 1000. The van der Waals surface area contributed by atoms with Crippen LogP contribution in [0.3, 0.4) is 0 Å². The predicted molar refractivity (Wildman–Crippen MR) is 116 cm³/mol. The molecule has 0 amide bonds. The molecule has 6 nitrogen and oxygen atoms in total. The molecule has 3 N–H and O–H groups in total. The van der Waals surface area contributed by atoms with E-state index in [0.29, 0.717) is 11.5 Å². The van der Waals surface area contributed by atoms with E-state index in [2.05, 4.69) is 36.5 Å². The molecule has 1 aliphatic rings. The van der Waals surface area contributed by atoms with Crippen molar-refractivity contribution in [3.05, 3.63) is 40.5 Å². The van der Waals surface area contributed by atoms with Crippen LogP contribution in [-0.2, 0) is 0 Å². The van der Waals surface area contributed by atoms with E-state index in [1.807, 2.05) is 12.1 Å². The zero-order chi connectivity index (χ0) is 19.5. The summed E-state index contributed by atoms with van der Waals surface area (Å²) in [4.78, 5) is 21.5. The molecule has 0 atom stereocenters. The molecule has 146 valence electrons. The molecule has 0 bridgehead atoms. The van der Waals surface area contributed by atoms with Gasteiger partial charge in [-0.15, -0.1) is 11.3 Å². The molecule has 1 fully saturated rings. The highest BCUT2D eigenvalue weighted by Crippen LogP contribution is 2.37. The second-order valence-electron chi connectivity index (χ2n) is 6.93. The summed E-state index contributed by atoms with van der Waals surface area (Å²) in [7, 11) is 0. The first-order chi connectivity index (χ1) is 13.6. The lowest BCUT2D eigenvalue weighted by atomic mass is 9.95. The van der Waals surface area contributed by atoms with Gasteiger partial charge >= 0.3 is 5.97 Å². The van der Waals surface area contributed by atoms with Gasteiger partial charge in [0.15, 0.2) is 0 Å². The topological polar surface area (TPSA) is 87.1 Å². The average molecular weight is 461 g/mol. The van der Waals surface area contributed by atoms with Gasteiger partial charge in [-0.1, -0.05) is 6.07 Å². The minimum Gasteiger partial charge on any atom is -0.478 e. The van der Waals surface area contributed by atoms with Crippen molar-refractivity contribution >= 4 is 49.3 Å². The lowest BCUT2D eigenvalue weighted by Gasteiger charge is -2.22. The molecule has 0 radical (unpaired) electrons. The third kappa shape index (κ3) is 4.19. The zero-order valence-electron chi connectivity index (χ0n) is 15.2. The Hall–Kier alpha value is -2.03. The standard InChI is InChI=1S/C20H21BrN4O2S/c21-15-11-24-20(23-9-6-12-4-7-22-8-5-12)25-18(15)17-10-14-13(19(26)27)2-1-3-16(14)28-17/h1-3,10-12,22H,4-9H2,(H,26,27)(H,23,24,25). The lowest BCUT2D eigenvalue weighted by molar-refractivity contribution is 0.0699. The summed E-state index contributed by atoms with van der Waals surface area (Å²) in [6.07, 6.45) is 5.31. The number of hydrogen-bond acceptors (Lipinski definition) is 6. The van der Waals surface area contributed by atoms with Crippen molar-refractivity contribution in [1.29, 1.82) is 0 Å². The highest BCUT2D eigenvalue weighted by molar-refractivity contribution is 9.10. The Labute approximate surface area is 175 Å². The maximum Gasteiger partial charge on any atom is 0.336 e. The highest BCUT2D eigenvalue weighted by atomic mass is 79.9. The van der Waals surface area contributed by atoms with E-state index in [1.54, 1.807) is 18.3 Å². The summed E-state index contributed by atoms with van der Waals surface area (Å²) < 4.78 is 1.72. The Morgan fingerprint density at radius 2 is 2.18 bits per heavy atom. The smallest absolute Gasteiger partial charge is 0.336 e. The number of aromatic carboxylic acids is 1. The fourth-order valence-electron chi connectivity index (χ4n) is 3.55.